The van der Waals surface area contributed by atoms with Crippen LogP contribution in [0.25, 0.3) is 11.3 Å². The molecule has 0 saturated carbocycles. The van der Waals surface area contributed by atoms with Gasteiger partial charge in [-0.2, -0.15) is 0 Å². The van der Waals surface area contributed by atoms with Gasteiger partial charge in [-0.1, -0.05) is 5.21 Å². The minimum Gasteiger partial charge on any atom is -0.494 e. The second kappa shape index (κ2) is 6.36. The summed E-state index contributed by atoms with van der Waals surface area (Å²) in [6.45, 7) is 4.21. The number of hydrogen-bond acceptors (Lipinski definition) is 5. The van der Waals surface area contributed by atoms with Gasteiger partial charge in [0.2, 0.25) is 0 Å². The van der Waals surface area contributed by atoms with Crippen molar-refractivity contribution in [2.75, 3.05) is 6.61 Å². The van der Waals surface area contributed by atoms with E-state index in [2.05, 4.69) is 10.3 Å². The molecule has 0 spiro atoms. The number of carbonyl (C=O) groups is 1. The van der Waals surface area contributed by atoms with Crippen LogP contribution in [-0.2, 0) is 6.54 Å². The van der Waals surface area contributed by atoms with Crippen molar-refractivity contribution in [1.29, 1.82) is 0 Å². The number of carboxylic acid groups (broad SMARTS) is 1. The second-order valence-electron chi connectivity index (χ2n) is 4.58. The van der Waals surface area contributed by atoms with Crippen LogP contribution in [0.4, 0.5) is 0 Å². The zero-order chi connectivity index (χ0) is 15.4. The normalized spacial score (nSPS) is 12.1. The van der Waals surface area contributed by atoms with Crippen molar-refractivity contribution in [3.05, 3.63) is 30.0 Å². The zero-order valence-corrected chi connectivity index (χ0v) is 11.9. The second-order valence-corrected chi connectivity index (χ2v) is 4.58. The molecule has 1 aromatic carbocycles. The van der Waals surface area contributed by atoms with E-state index in [1.807, 2.05) is 6.92 Å². The molecule has 0 saturated heterocycles. The van der Waals surface area contributed by atoms with Crippen LogP contribution >= 0.6 is 0 Å². The molecule has 0 aliphatic rings. The van der Waals surface area contributed by atoms with E-state index in [1.54, 1.807) is 31.2 Å². The van der Waals surface area contributed by atoms with Gasteiger partial charge in [0.05, 0.1) is 19.3 Å². The monoisotopic (exact) mass is 291 g/mol. The van der Waals surface area contributed by atoms with E-state index in [4.69, 9.17) is 4.74 Å². The van der Waals surface area contributed by atoms with Crippen molar-refractivity contribution in [2.24, 2.45) is 0 Å². The lowest BCUT2D eigenvalue weighted by atomic mass is 10.1. The molecule has 7 heteroatoms. The Morgan fingerprint density at radius 2 is 2.05 bits per heavy atom. The van der Waals surface area contributed by atoms with Gasteiger partial charge in [-0.15, -0.1) is 5.10 Å². The van der Waals surface area contributed by atoms with Crippen molar-refractivity contribution >= 4 is 5.97 Å². The number of aromatic carboxylic acids is 1. The number of hydrogen-bond donors (Lipinski definition) is 2. The first-order valence-electron chi connectivity index (χ1n) is 6.61. The third-order valence-electron chi connectivity index (χ3n) is 2.81. The Morgan fingerprint density at radius 1 is 1.38 bits per heavy atom. The summed E-state index contributed by atoms with van der Waals surface area (Å²) < 4.78 is 6.75. The van der Waals surface area contributed by atoms with E-state index in [9.17, 15) is 15.0 Å². The number of benzene rings is 1. The minimum atomic E-state index is -1.16. The molecule has 112 valence electrons. The van der Waals surface area contributed by atoms with E-state index < -0.39 is 12.1 Å². The Labute approximate surface area is 121 Å². The van der Waals surface area contributed by atoms with Crippen LogP contribution in [0, 0.1) is 0 Å². The minimum absolute atomic E-state index is 0.139. The molecule has 1 unspecified atom stereocenters. The number of nitrogens with zero attached hydrogens (tertiary/aromatic N) is 3. The Bertz CT molecular complexity index is 620. The topological polar surface area (TPSA) is 97.5 Å². The van der Waals surface area contributed by atoms with Crippen molar-refractivity contribution in [2.45, 2.75) is 26.5 Å². The number of aliphatic hydroxyl groups is 1. The van der Waals surface area contributed by atoms with E-state index in [1.165, 1.54) is 4.68 Å². The summed E-state index contributed by atoms with van der Waals surface area (Å²) in [5.74, 6) is -0.455. The Hall–Kier alpha value is -2.41. The summed E-state index contributed by atoms with van der Waals surface area (Å²) in [5, 5.41) is 26.2. The lowest BCUT2D eigenvalue weighted by molar-refractivity contribution is 0.0691. The third kappa shape index (κ3) is 3.38. The molecule has 0 aliphatic carbocycles. The molecule has 0 radical (unpaired) electrons. The molecule has 2 rings (SSSR count). The first kappa shape index (κ1) is 15.0. The highest BCUT2D eigenvalue weighted by Crippen LogP contribution is 2.25. The quantitative estimate of drug-likeness (QED) is 0.835. The van der Waals surface area contributed by atoms with Crippen LogP contribution in [-0.4, -0.2) is 43.9 Å². The van der Waals surface area contributed by atoms with Crippen LogP contribution in [0.3, 0.4) is 0 Å². The highest BCUT2D eigenvalue weighted by Gasteiger charge is 2.21. The van der Waals surface area contributed by atoms with Gasteiger partial charge in [-0.3, -0.25) is 0 Å². The highest BCUT2D eigenvalue weighted by molar-refractivity contribution is 5.92. The number of aromatic nitrogens is 3. The molecule has 1 aromatic heterocycles. The molecule has 0 amide bonds. The lowest BCUT2D eigenvalue weighted by Crippen LogP contribution is -2.14. The lowest BCUT2D eigenvalue weighted by Gasteiger charge is -2.10. The van der Waals surface area contributed by atoms with Crippen LogP contribution in [0.1, 0.15) is 24.3 Å². The summed E-state index contributed by atoms with van der Waals surface area (Å²) >= 11 is 0. The molecule has 0 fully saturated rings. The molecule has 1 atom stereocenters. The largest absolute Gasteiger partial charge is 0.494 e. The van der Waals surface area contributed by atoms with E-state index in [0.717, 1.165) is 0 Å². The summed E-state index contributed by atoms with van der Waals surface area (Å²) in [7, 11) is 0. The summed E-state index contributed by atoms with van der Waals surface area (Å²) in [4.78, 5) is 11.3. The number of carboxylic acids is 1. The standard InChI is InChI=1S/C14H17N3O4/c1-3-21-11-6-4-10(5-7-11)13-12(14(19)20)15-16-17(13)8-9(2)18/h4-7,9,18H,3,8H2,1-2H3,(H,19,20). The molecule has 0 aliphatic heterocycles. The van der Waals surface area contributed by atoms with Crippen LogP contribution in [0.15, 0.2) is 24.3 Å². The molecule has 2 aromatic rings. The molecular formula is C14H17N3O4. The smallest absolute Gasteiger partial charge is 0.358 e. The molecule has 7 nitrogen and oxygen atoms in total. The molecular weight excluding hydrogens is 274 g/mol. The first-order chi connectivity index (χ1) is 10.0. The van der Waals surface area contributed by atoms with E-state index in [0.29, 0.717) is 23.6 Å². The maximum absolute atomic E-state index is 11.3. The van der Waals surface area contributed by atoms with Crippen LogP contribution in [0.5, 0.6) is 5.75 Å². The third-order valence-corrected chi connectivity index (χ3v) is 2.81. The van der Waals surface area contributed by atoms with Gasteiger partial charge in [0.25, 0.3) is 0 Å². The number of aliphatic hydroxyl groups excluding tert-OH is 1. The predicted molar refractivity (Wildman–Crippen MR) is 75.3 cm³/mol. The fourth-order valence-electron chi connectivity index (χ4n) is 2.00. The average molecular weight is 291 g/mol. The fourth-order valence-corrected chi connectivity index (χ4v) is 2.00. The first-order valence-corrected chi connectivity index (χ1v) is 6.61. The van der Waals surface area contributed by atoms with Crippen molar-refractivity contribution in [3.8, 4) is 17.0 Å². The van der Waals surface area contributed by atoms with Gasteiger partial charge in [-0.05, 0) is 38.1 Å². The van der Waals surface area contributed by atoms with Crippen molar-refractivity contribution < 1.29 is 19.7 Å². The van der Waals surface area contributed by atoms with E-state index in [-0.39, 0.29) is 12.2 Å². The predicted octanol–water partition coefficient (Wildman–Crippen LogP) is 1.42. The maximum atomic E-state index is 11.3. The average Bonchev–Trinajstić information content (AvgIpc) is 2.83. The van der Waals surface area contributed by atoms with Crippen LogP contribution < -0.4 is 4.74 Å². The Balaban J connectivity index is 2.44. The van der Waals surface area contributed by atoms with Crippen molar-refractivity contribution in [1.82, 2.24) is 15.0 Å². The molecule has 1 heterocycles. The molecule has 2 N–H and O–H groups in total. The maximum Gasteiger partial charge on any atom is 0.358 e. The van der Waals surface area contributed by atoms with Gasteiger partial charge in [-0.25, -0.2) is 9.48 Å². The highest BCUT2D eigenvalue weighted by atomic mass is 16.5. The molecule has 21 heavy (non-hydrogen) atoms. The fraction of sp³-hybridized carbons (Fsp3) is 0.357. The summed E-state index contributed by atoms with van der Waals surface area (Å²) in [5.41, 5.74) is 0.882. The van der Waals surface area contributed by atoms with Gasteiger partial charge in [0.15, 0.2) is 5.69 Å². The summed E-state index contributed by atoms with van der Waals surface area (Å²) in [6, 6.07) is 7.00. The SMILES string of the molecule is CCOc1ccc(-c2c(C(=O)O)nnn2CC(C)O)cc1. The molecule has 0 bridgehead atoms. The Kier molecular flexibility index (Phi) is 4.54. The summed E-state index contributed by atoms with van der Waals surface area (Å²) in [6.07, 6.45) is -0.658. The zero-order valence-electron chi connectivity index (χ0n) is 11.9. The van der Waals surface area contributed by atoms with Gasteiger partial charge < -0.3 is 14.9 Å². The van der Waals surface area contributed by atoms with Gasteiger partial charge in [0.1, 0.15) is 11.4 Å². The number of ether oxygens (including phenoxy) is 1. The van der Waals surface area contributed by atoms with E-state index >= 15 is 0 Å². The number of rotatable bonds is 6. The van der Waals surface area contributed by atoms with Gasteiger partial charge >= 0.3 is 5.97 Å². The van der Waals surface area contributed by atoms with Crippen LogP contribution in [0.2, 0.25) is 0 Å². The Morgan fingerprint density at radius 3 is 2.57 bits per heavy atom. The van der Waals surface area contributed by atoms with Crippen molar-refractivity contribution in [3.63, 3.8) is 0 Å². The van der Waals surface area contributed by atoms with Gasteiger partial charge in [0, 0.05) is 5.56 Å².